The van der Waals surface area contributed by atoms with E-state index in [1.165, 1.54) is 0 Å². The second kappa shape index (κ2) is 4.04. The molecule has 3 nitrogen and oxygen atoms in total. The molecule has 0 saturated heterocycles. The molecule has 0 aliphatic rings. The molecular formula is C11H11ClN2O. The van der Waals surface area contributed by atoms with Gasteiger partial charge in [-0.15, -0.1) is 0 Å². The van der Waals surface area contributed by atoms with Gasteiger partial charge in [-0.05, 0) is 30.7 Å². The number of hydrogen-bond acceptors (Lipinski definition) is 2. The van der Waals surface area contributed by atoms with Crippen LogP contribution in [0.5, 0.6) is 0 Å². The lowest BCUT2D eigenvalue weighted by atomic mass is 10.2. The summed E-state index contributed by atoms with van der Waals surface area (Å²) in [5.41, 5.74) is 2.67. The Kier molecular flexibility index (Phi) is 2.75. The highest BCUT2D eigenvalue weighted by Crippen LogP contribution is 2.18. The van der Waals surface area contributed by atoms with Gasteiger partial charge in [0, 0.05) is 11.2 Å². The van der Waals surface area contributed by atoms with E-state index < -0.39 is 0 Å². The molecule has 1 N–H and O–H groups in total. The summed E-state index contributed by atoms with van der Waals surface area (Å²) in [7, 11) is 0. The highest BCUT2D eigenvalue weighted by molar-refractivity contribution is 6.30. The largest absolute Gasteiger partial charge is 0.390 e. The maximum absolute atomic E-state index is 8.92. The number of aliphatic hydroxyl groups is 1. The van der Waals surface area contributed by atoms with E-state index in [2.05, 4.69) is 5.10 Å². The minimum absolute atomic E-state index is 0.0490. The number of aromatic nitrogens is 2. The lowest BCUT2D eigenvalue weighted by Gasteiger charge is -2.05. The monoisotopic (exact) mass is 222 g/mol. The van der Waals surface area contributed by atoms with E-state index >= 15 is 0 Å². The molecule has 0 atom stereocenters. The van der Waals surface area contributed by atoms with E-state index in [1.54, 1.807) is 10.7 Å². The van der Waals surface area contributed by atoms with Gasteiger partial charge in [-0.1, -0.05) is 17.7 Å². The van der Waals surface area contributed by atoms with Gasteiger partial charge in [0.15, 0.2) is 0 Å². The topological polar surface area (TPSA) is 38.0 Å². The molecule has 1 aromatic carbocycles. The molecule has 0 fully saturated rings. The second-order valence-corrected chi connectivity index (χ2v) is 3.78. The number of aliphatic hydroxyl groups excluding tert-OH is 1. The third-order valence-electron chi connectivity index (χ3n) is 2.22. The van der Waals surface area contributed by atoms with Crippen LogP contribution in [-0.2, 0) is 6.61 Å². The summed E-state index contributed by atoms with van der Waals surface area (Å²) in [4.78, 5) is 0. The number of rotatable bonds is 2. The Balaban J connectivity index is 2.48. The summed E-state index contributed by atoms with van der Waals surface area (Å²) in [6.45, 7) is 1.94. The first-order chi connectivity index (χ1) is 7.20. The van der Waals surface area contributed by atoms with E-state index in [9.17, 15) is 0 Å². The van der Waals surface area contributed by atoms with Crippen molar-refractivity contribution in [2.75, 3.05) is 0 Å². The van der Waals surface area contributed by atoms with Gasteiger partial charge in [0.2, 0.25) is 0 Å². The summed E-state index contributed by atoms with van der Waals surface area (Å²) in [6, 6.07) is 7.42. The van der Waals surface area contributed by atoms with E-state index in [0.717, 1.165) is 11.3 Å². The summed E-state index contributed by atoms with van der Waals surface area (Å²) < 4.78 is 1.72. The Morgan fingerprint density at radius 2 is 2.20 bits per heavy atom. The van der Waals surface area contributed by atoms with Crippen molar-refractivity contribution in [1.29, 1.82) is 0 Å². The molecule has 1 aromatic heterocycles. The molecule has 0 spiro atoms. The van der Waals surface area contributed by atoms with Crippen LogP contribution in [0.25, 0.3) is 5.69 Å². The fourth-order valence-electron chi connectivity index (χ4n) is 1.41. The summed E-state index contributed by atoms with van der Waals surface area (Å²) in [6.07, 6.45) is 1.81. The zero-order chi connectivity index (χ0) is 10.8. The van der Waals surface area contributed by atoms with Crippen LogP contribution in [0.15, 0.2) is 30.5 Å². The van der Waals surface area contributed by atoms with Gasteiger partial charge in [0.25, 0.3) is 0 Å². The predicted molar refractivity (Wildman–Crippen MR) is 59.2 cm³/mol. The van der Waals surface area contributed by atoms with Crippen molar-refractivity contribution >= 4 is 11.6 Å². The van der Waals surface area contributed by atoms with Crippen LogP contribution in [0.2, 0.25) is 5.02 Å². The van der Waals surface area contributed by atoms with Gasteiger partial charge >= 0.3 is 0 Å². The molecule has 0 radical (unpaired) electrons. The lowest BCUT2D eigenvalue weighted by molar-refractivity contribution is 0.276. The first-order valence-electron chi connectivity index (χ1n) is 4.62. The molecule has 0 amide bonds. The van der Waals surface area contributed by atoms with Crippen LogP contribution in [0.1, 0.15) is 11.3 Å². The summed E-state index contributed by atoms with van der Waals surface area (Å²) in [5, 5.41) is 13.8. The van der Waals surface area contributed by atoms with Crippen LogP contribution < -0.4 is 0 Å². The van der Waals surface area contributed by atoms with Crippen LogP contribution in [0.4, 0.5) is 0 Å². The average molecular weight is 223 g/mol. The number of hydrogen-bond donors (Lipinski definition) is 1. The van der Waals surface area contributed by atoms with Crippen molar-refractivity contribution in [3.63, 3.8) is 0 Å². The molecule has 0 unspecified atom stereocenters. The Hall–Kier alpha value is -1.32. The van der Waals surface area contributed by atoms with Crippen molar-refractivity contribution in [2.45, 2.75) is 13.5 Å². The van der Waals surface area contributed by atoms with Gasteiger partial charge in [-0.2, -0.15) is 5.10 Å². The van der Waals surface area contributed by atoms with Gasteiger partial charge in [-0.25, -0.2) is 4.68 Å². The molecule has 0 aliphatic heterocycles. The van der Waals surface area contributed by atoms with Crippen molar-refractivity contribution in [3.8, 4) is 5.69 Å². The van der Waals surface area contributed by atoms with E-state index in [1.807, 2.05) is 31.3 Å². The number of aryl methyl sites for hydroxylation is 1. The van der Waals surface area contributed by atoms with Crippen molar-refractivity contribution in [3.05, 3.63) is 46.7 Å². The molecule has 2 rings (SSSR count). The normalized spacial score (nSPS) is 10.6. The molecule has 0 bridgehead atoms. The molecule has 2 aromatic rings. The Morgan fingerprint density at radius 3 is 2.87 bits per heavy atom. The predicted octanol–water partition coefficient (Wildman–Crippen LogP) is 2.33. The molecule has 4 heteroatoms. The standard InChI is InChI=1S/C11H11ClN2O/c1-8-2-3-9(12)6-11(8)14-5-4-10(7-15)13-14/h2-6,15H,7H2,1H3. The van der Waals surface area contributed by atoms with Crippen LogP contribution in [0, 0.1) is 6.92 Å². The SMILES string of the molecule is Cc1ccc(Cl)cc1-n1ccc(CO)n1. The minimum Gasteiger partial charge on any atom is -0.390 e. The van der Waals surface area contributed by atoms with Gasteiger partial charge < -0.3 is 5.11 Å². The number of halogens is 1. The molecule has 0 aliphatic carbocycles. The van der Waals surface area contributed by atoms with Crippen molar-refractivity contribution in [2.24, 2.45) is 0 Å². The van der Waals surface area contributed by atoms with Gasteiger partial charge in [-0.3, -0.25) is 0 Å². The molecule has 1 heterocycles. The smallest absolute Gasteiger partial charge is 0.0883 e. The molecule has 78 valence electrons. The number of nitrogens with zero attached hydrogens (tertiary/aromatic N) is 2. The van der Waals surface area contributed by atoms with Crippen LogP contribution in [0.3, 0.4) is 0 Å². The first-order valence-corrected chi connectivity index (χ1v) is 5.00. The zero-order valence-corrected chi connectivity index (χ0v) is 9.07. The Morgan fingerprint density at radius 1 is 1.40 bits per heavy atom. The maximum atomic E-state index is 8.92. The quantitative estimate of drug-likeness (QED) is 0.847. The average Bonchev–Trinajstić information content (AvgIpc) is 2.70. The molecule has 15 heavy (non-hydrogen) atoms. The van der Waals surface area contributed by atoms with Gasteiger partial charge in [0.1, 0.15) is 0 Å². The van der Waals surface area contributed by atoms with Crippen LogP contribution >= 0.6 is 11.6 Å². The minimum atomic E-state index is -0.0490. The fourth-order valence-corrected chi connectivity index (χ4v) is 1.58. The van der Waals surface area contributed by atoms with E-state index in [4.69, 9.17) is 16.7 Å². The summed E-state index contributed by atoms with van der Waals surface area (Å²) >= 11 is 5.92. The highest BCUT2D eigenvalue weighted by atomic mass is 35.5. The van der Waals surface area contributed by atoms with Gasteiger partial charge in [0.05, 0.1) is 18.0 Å². The van der Waals surface area contributed by atoms with Crippen molar-refractivity contribution in [1.82, 2.24) is 9.78 Å². The first kappa shape index (κ1) is 10.2. The third kappa shape index (κ3) is 2.03. The van der Waals surface area contributed by atoms with Crippen molar-refractivity contribution < 1.29 is 5.11 Å². The maximum Gasteiger partial charge on any atom is 0.0883 e. The zero-order valence-electron chi connectivity index (χ0n) is 8.31. The second-order valence-electron chi connectivity index (χ2n) is 3.34. The fraction of sp³-hybridized carbons (Fsp3) is 0.182. The van der Waals surface area contributed by atoms with E-state index in [-0.39, 0.29) is 6.61 Å². The number of benzene rings is 1. The Labute approximate surface area is 92.9 Å². The third-order valence-corrected chi connectivity index (χ3v) is 2.46. The highest BCUT2D eigenvalue weighted by Gasteiger charge is 2.04. The van der Waals surface area contributed by atoms with E-state index in [0.29, 0.717) is 10.7 Å². The summed E-state index contributed by atoms with van der Waals surface area (Å²) in [5.74, 6) is 0. The Bertz CT molecular complexity index is 479. The van der Waals surface area contributed by atoms with Crippen LogP contribution in [-0.4, -0.2) is 14.9 Å². The lowest BCUT2D eigenvalue weighted by Crippen LogP contribution is -1.98. The molecular weight excluding hydrogens is 212 g/mol. The molecule has 0 saturated carbocycles.